The minimum atomic E-state index is -0.0498. The molecule has 0 fully saturated rings. The molecule has 0 saturated heterocycles. The van der Waals surface area contributed by atoms with Gasteiger partial charge in [-0.3, -0.25) is 4.79 Å². The topological polar surface area (TPSA) is 35.5 Å². The fourth-order valence-electron chi connectivity index (χ4n) is 4.18. The molecule has 0 radical (unpaired) electrons. The monoisotopic (exact) mass is 542 g/mol. The summed E-state index contributed by atoms with van der Waals surface area (Å²) in [5.74, 6) is 1.76. The molecule has 0 spiro atoms. The van der Waals surface area contributed by atoms with Crippen LogP contribution in [0.3, 0.4) is 0 Å². The lowest BCUT2D eigenvalue weighted by atomic mass is 10.1. The Balaban J connectivity index is 1.61. The van der Waals surface area contributed by atoms with Gasteiger partial charge in [0.2, 0.25) is 0 Å². The molecular weight excluding hydrogens is 492 g/mol. The predicted octanol–water partition coefficient (Wildman–Crippen LogP) is 10.6. The van der Waals surface area contributed by atoms with E-state index in [1.165, 1.54) is 64.2 Å². The van der Waals surface area contributed by atoms with Gasteiger partial charge in [-0.2, -0.15) is 0 Å². The maximum absolute atomic E-state index is 12.1. The molecule has 0 unspecified atom stereocenters. The van der Waals surface area contributed by atoms with Gasteiger partial charge in [-0.25, -0.2) is 0 Å². The minimum absolute atomic E-state index is 0.0498. The third kappa shape index (κ3) is 16.6. The predicted molar refractivity (Wildman–Crippen MR) is 172 cm³/mol. The summed E-state index contributed by atoms with van der Waals surface area (Å²) in [7, 11) is 0. The lowest BCUT2D eigenvalue weighted by Gasteiger charge is -2.06. The maximum Gasteiger partial charge on any atom is 0.178 e. The molecule has 0 atom stereocenters. The molecule has 3 nitrogen and oxygen atoms in total. The van der Waals surface area contributed by atoms with E-state index in [1.54, 1.807) is 24.3 Å². The Morgan fingerprint density at radius 3 is 1.30 bits per heavy atom. The zero-order valence-corrected chi connectivity index (χ0v) is 24.9. The standard InChI is InChI=1S/C37H50O3/c1-3-5-7-9-11-17-31-39-36-27-23-33(24-28-36)19-13-15-21-35(38)22-16-14-20-34-25-29-37(30-26-34)40-32-18-12-10-8-6-4-2/h13-16,19-30H,3-12,17-18,31-32H2,1-2H3/b19-13+,20-14+,21-15+,22-16+. The van der Waals surface area contributed by atoms with E-state index in [0.29, 0.717) is 0 Å². The highest BCUT2D eigenvalue weighted by molar-refractivity contribution is 5.99. The van der Waals surface area contributed by atoms with Crippen molar-refractivity contribution in [3.63, 3.8) is 0 Å². The number of carbonyl (C=O) groups excluding carboxylic acids is 1. The van der Waals surface area contributed by atoms with Crippen molar-refractivity contribution in [3.8, 4) is 11.5 Å². The Bertz CT molecular complexity index is 943. The van der Waals surface area contributed by atoms with Gasteiger partial charge >= 0.3 is 0 Å². The smallest absolute Gasteiger partial charge is 0.178 e. The first-order valence-electron chi connectivity index (χ1n) is 15.4. The van der Waals surface area contributed by atoms with Crippen LogP contribution in [0.2, 0.25) is 0 Å². The molecule has 0 N–H and O–H groups in total. The van der Waals surface area contributed by atoms with Crippen LogP contribution in [0.5, 0.6) is 11.5 Å². The molecule has 3 heteroatoms. The molecule has 216 valence electrons. The number of carbonyl (C=O) groups is 1. The second-order valence-corrected chi connectivity index (χ2v) is 10.2. The van der Waals surface area contributed by atoms with Gasteiger partial charge in [-0.1, -0.05) is 139 Å². The van der Waals surface area contributed by atoms with Crippen molar-refractivity contribution in [1.29, 1.82) is 0 Å². The second-order valence-electron chi connectivity index (χ2n) is 10.2. The van der Waals surface area contributed by atoms with E-state index in [1.807, 2.05) is 72.8 Å². The largest absolute Gasteiger partial charge is 0.494 e. The van der Waals surface area contributed by atoms with Crippen molar-refractivity contribution >= 4 is 17.9 Å². The maximum atomic E-state index is 12.1. The molecule has 0 aliphatic heterocycles. The normalized spacial score (nSPS) is 11.8. The summed E-state index contributed by atoms with van der Waals surface area (Å²) in [6, 6.07) is 16.1. The number of benzene rings is 2. The summed E-state index contributed by atoms with van der Waals surface area (Å²) >= 11 is 0. The lowest BCUT2D eigenvalue weighted by Crippen LogP contribution is -1.97. The summed E-state index contributed by atoms with van der Waals surface area (Å²) in [4.78, 5) is 12.1. The van der Waals surface area contributed by atoms with Crippen LogP contribution in [0, 0.1) is 0 Å². The van der Waals surface area contributed by atoms with Crippen LogP contribution in [0.1, 0.15) is 102 Å². The van der Waals surface area contributed by atoms with E-state index in [4.69, 9.17) is 9.47 Å². The van der Waals surface area contributed by atoms with Crippen molar-refractivity contribution in [2.45, 2.75) is 90.9 Å². The molecule has 0 bridgehead atoms. The molecule has 0 aliphatic carbocycles. The van der Waals surface area contributed by atoms with Crippen molar-refractivity contribution in [1.82, 2.24) is 0 Å². The number of allylic oxidation sites excluding steroid dienone is 6. The van der Waals surface area contributed by atoms with E-state index in [9.17, 15) is 4.79 Å². The average molecular weight is 543 g/mol. The van der Waals surface area contributed by atoms with Crippen molar-refractivity contribution in [3.05, 3.63) is 96.1 Å². The Morgan fingerprint density at radius 2 is 0.900 bits per heavy atom. The van der Waals surface area contributed by atoms with Crippen LogP contribution in [0.4, 0.5) is 0 Å². The molecule has 0 heterocycles. The molecule has 2 aromatic rings. The summed E-state index contributed by atoms with van der Waals surface area (Å²) in [6.07, 6.45) is 29.5. The third-order valence-corrected chi connectivity index (χ3v) is 6.61. The molecule has 0 amide bonds. The quantitative estimate of drug-likeness (QED) is 0.0843. The van der Waals surface area contributed by atoms with Gasteiger partial charge in [0.1, 0.15) is 11.5 Å². The zero-order valence-electron chi connectivity index (χ0n) is 24.9. The molecule has 2 aromatic carbocycles. The number of hydrogen-bond acceptors (Lipinski definition) is 3. The lowest BCUT2D eigenvalue weighted by molar-refractivity contribution is -0.110. The van der Waals surface area contributed by atoms with Crippen LogP contribution >= 0.6 is 0 Å². The fourth-order valence-corrected chi connectivity index (χ4v) is 4.18. The van der Waals surface area contributed by atoms with E-state index in [2.05, 4.69) is 13.8 Å². The van der Waals surface area contributed by atoms with Gasteiger partial charge in [-0.05, 0) is 60.4 Å². The summed E-state index contributed by atoms with van der Waals surface area (Å²) in [6.45, 7) is 6.03. The summed E-state index contributed by atoms with van der Waals surface area (Å²) in [5.41, 5.74) is 2.14. The van der Waals surface area contributed by atoms with Gasteiger partial charge < -0.3 is 9.47 Å². The van der Waals surface area contributed by atoms with Gasteiger partial charge in [0, 0.05) is 0 Å². The van der Waals surface area contributed by atoms with E-state index in [0.717, 1.165) is 48.7 Å². The Labute approximate surface area is 243 Å². The zero-order chi connectivity index (χ0) is 28.5. The van der Waals surface area contributed by atoms with Gasteiger partial charge in [0.15, 0.2) is 5.78 Å². The molecule has 0 saturated carbocycles. The van der Waals surface area contributed by atoms with Gasteiger partial charge in [-0.15, -0.1) is 0 Å². The highest BCUT2D eigenvalue weighted by Crippen LogP contribution is 2.16. The van der Waals surface area contributed by atoms with Crippen molar-refractivity contribution in [2.24, 2.45) is 0 Å². The van der Waals surface area contributed by atoms with Crippen LogP contribution in [-0.4, -0.2) is 19.0 Å². The number of ether oxygens (including phenoxy) is 2. The first kappa shape index (κ1) is 32.9. The summed E-state index contributed by atoms with van der Waals surface area (Å²) in [5, 5.41) is 0. The summed E-state index contributed by atoms with van der Waals surface area (Å²) < 4.78 is 11.7. The Hall–Kier alpha value is -3.33. The molecule has 2 rings (SSSR count). The van der Waals surface area contributed by atoms with E-state index < -0.39 is 0 Å². The Kier molecular flexibility index (Phi) is 18.5. The SMILES string of the molecule is CCCCCCCCOc1ccc(/C=C/C=C/C(=O)/C=C/C=C/c2ccc(OCCCCCCCC)cc2)cc1. The average Bonchev–Trinajstić information content (AvgIpc) is 2.98. The van der Waals surface area contributed by atoms with Gasteiger partial charge in [0.05, 0.1) is 13.2 Å². The number of ketones is 1. The fraction of sp³-hybridized carbons (Fsp3) is 0.432. The van der Waals surface area contributed by atoms with Crippen molar-refractivity contribution < 1.29 is 14.3 Å². The second kappa shape index (κ2) is 22.5. The van der Waals surface area contributed by atoms with Gasteiger partial charge in [0.25, 0.3) is 0 Å². The van der Waals surface area contributed by atoms with Crippen LogP contribution in [0.25, 0.3) is 12.2 Å². The van der Waals surface area contributed by atoms with Crippen LogP contribution in [-0.2, 0) is 4.79 Å². The molecular formula is C37H50O3. The first-order valence-corrected chi connectivity index (χ1v) is 15.4. The molecule has 40 heavy (non-hydrogen) atoms. The Morgan fingerprint density at radius 1 is 0.525 bits per heavy atom. The molecule has 0 aliphatic rings. The van der Waals surface area contributed by atoms with E-state index >= 15 is 0 Å². The molecule has 0 aromatic heterocycles. The number of rotatable bonds is 22. The minimum Gasteiger partial charge on any atom is -0.494 e. The van der Waals surface area contributed by atoms with Crippen LogP contribution in [0.15, 0.2) is 85.0 Å². The number of hydrogen-bond donors (Lipinski definition) is 0. The van der Waals surface area contributed by atoms with Crippen LogP contribution < -0.4 is 9.47 Å². The highest BCUT2D eigenvalue weighted by Gasteiger charge is 1.96. The van der Waals surface area contributed by atoms with Crippen molar-refractivity contribution in [2.75, 3.05) is 13.2 Å². The first-order chi connectivity index (χ1) is 19.7. The third-order valence-electron chi connectivity index (χ3n) is 6.61. The number of unbranched alkanes of at least 4 members (excludes halogenated alkanes) is 10. The van der Waals surface area contributed by atoms with E-state index in [-0.39, 0.29) is 5.78 Å². The highest BCUT2D eigenvalue weighted by atomic mass is 16.5.